The fourth-order valence-corrected chi connectivity index (χ4v) is 2.22. The molecule has 118 valence electrons. The summed E-state index contributed by atoms with van der Waals surface area (Å²) < 4.78 is 7.42. The molecule has 1 aliphatic carbocycles. The first-order valence-corrected chi connectivity index (χ1v) is 7.56. The van der Waals surface area contributed by atoms with Crippen LogP contribution in [0.2, 0.25) is 0 Å². The fourth-order valence-electron chi connectivity index (χ4n) is 2.22. The number of hydrogen-bond acceptors (Lipinski definition) is 4. The molecular formula is C18H19N3O2. The monoisotopic (exact) mass is 309 g/mol. The topological polar surface area (TPSA) is 48.6 Å². The summed E-state index contributed by atoms with van der Waals surface area (Å²) in [5.41, 5.74) is 2.64. The van der Waals surface area contributed by atoms with Crippen molar-refractivity contribution >= 4 is 5.71 Å². The SMILES string of the molecule is CON=C(Cn1ccnc1)c1ccc(C#CC2CC2)c(OC)c1. The van der Waals surface area contributed by atoms with Crippen LogP contribution in [0.4, 0.5) is 0 Å². The Morgan fingerprint density at radius 2 is 2.26 bits per heavy atom. The Hall–Kier alpha value is -2.74. The Morgan fingerprint density at radius 1 is 1.39 bits per heavy atom. The minimum atomic E-state index is 0.561. The molecule has 1 aromatic heterocycles. The molecule has 1 heterocycles. The summed E-state index contributed by atoms with van der Waals surface area (Å²) in [7, 11) is 3.20. The molecule has 0 spiro atoms. The third kappa shape index (κ3) is 3.92. The molecule has 0 atom stereocenters. The maximum Gasteiger partial charge on any atom is 0.135 e. The Morgan fingerprint density at radius 3 is 2.91 bits per heavy atom. The standard InChI is InChI=1S/C18H19N3O2/c1-22-18-11-16(8-7-15(18)6-5-14-3-4-14)17(20-23-2)12-21-10-9-19-13-21/h7-11,13-14H,3-4,12H2,1-2H3. The molecule has 3 rings (SSSR count). The number of rotatable bonds is 5. The van der Waals surface area contributed by atoms with Gasteiger partial charge in [-0.25, -0.2) is 4.98 Å². The highest BCUT2D eigenvalue weighted by Crippen LogP contribution is 2.28. The summed E-state index contributed by atoms with van der Waals surface area (Å²) in [6, 6.07) is 5.92. The molecule has 2 aromatic rings. The lowest BCUT2D eigenvalue weighted by molar-refractivity contribution is 0.212. The molecule has 0 aliphatic heterocycles. The molecule has 1 aromatic carbocycles. The van der Waals surface area contributed by atoms with Crippen molar-refractivity contribution < 1.29 is 9.57 Å². The highest BCUT2D eigenvalue weighted by atomic mass is 16.6. The van der Waals surface area contributed by atoms with E-state index in [-0.39, 0.29) is 0 Å². The van der Waals surface area contributed by atoms with E-state index >= 15 is 0 Å². The van der Waals surface area contributed by atoms with Gasteiger partial charge in [0, 0.05) is 23.9 Å². The van der Waals surface area contributed by atoms with Gasteiger partial charge in [-0.1, -0.05) is 23.1 Å². The van der Waals surface area contributed by atoms with Crippen LogP contribution >= 0.6 is 0 Å². The molecule has 0 saturated heterocycles. The largest absolute Gasteiger partial charge is 0.495 e. The molecule has 0 amide bonds. The van der Waals surface area contributed by atoms with E-state index in [2.05, 4.69) is 22.0 Å². The summed E-state index contributed by atoms with van der Waals surface area (Å²) >= 11 is 0. The molecular weight excluding hydrogens is 290 g/mol. The average molecular weight is 309 g/mol. The van der Waals surface area contributed by atoms with E-state index in [1.807, 2.05) is 29.0 Å². The van der Waals surface area contributed by atoms with Crippen LogP contribution in [0.25, 0.3) is 0 Å². The van der Waals surface area contributed by atoms with Crippen molar-refractivity contribution in [2.45, 2.75) is 19.4 Å². The summed E-state index contributed by atoms with van der Waals surface area (Å²) in [6.45, 7) is 0.574. The molecule has 0 bridgehead atoms. The molecule has 23 heavy (non-hydrogen) atoms. The smallest absolute Gasteiger partial charge is 0.135 e. The zero-order chi connectivity index (χ0) is 16.1. The normalized spacial score (nSPS) is 14.1. The van der Waals surface area contributed by atoms with Crippen LogP contribution in [0.3, 0.4) is 0 Å². The van der Waals surface area contributed by atoms with Gasteiger partial charge < -0.3 is 14.1 Å². The lowest BCUT2D eigenvalue weighted by Gasteiger charge is -2.10. The van der Waals surface area contributed by atoms with Gasteiger partial charge in [0.25, 0.3) is 0 Å². The van der Waals surface area contributed by atoms with Gasteiger partial charge in [0.15, 0.2) is 0 Å². The molecule has 1 saturated carbocycles. The number of imidazole rings is 1. The van der Waals surface area contributed by atoms with Crippen molar-refractivity contribution in [3.63, 3.8) is 0 Å². The van der Waals surface area contributed by atoms with E-state index in [4.69, 9.17) is 9.57 Å². The van der Waals surface area contributed by atoms with Crippen molar-refractivity contribution in [3.8, 4) is 17.6 Å². The third-order valence-electron chi connectivity index (χ3n) is 3.62. The summed E-state index contributed by atoms with van der Waals surface area (Å²) in [6.07, 6.45) is 7.79. The van der Waals surface area contributed by atoms with Crippen LogP contribution < -0.4 is 4.74 Å². The van der Waals surface area contributed by atoms with Gasteiger partial charge in [-0.05, 0) is 25.0 Å². The number of hydrogen-bond donors (Lipinski definition) is 0. The van der Waals surface area contributed by atoms with Crippen molar-refractivity contribution in [1.82, 2.24) is 9.55 Å². The van der Waals surface area contributed by atoms with Crippen LogP contribution in [0.15, 0.2) is 42.1 Å². The van der Waals surface area contributed by atoms with Gasteiger partial charge in [-0.3, -0.25) is 0 Å². The lowest BCUT2D eigenvalue weighted by atomic mass is 10.1. The van der Waals surface area contributed by atoms with Gasteiger partial charge in [-0.2, -0.15) is 0 Å². The summed E-state index contributed by atoms with van der Waals surface area (Å²) in [5, 5.41) is 4.14. The predicted molar refractivity (Wildman–Crippen MR) is 88.4 cm³/mol. The molecule has 0 radical (unpaired) electrons. The number of methoxy groups -OCH3 is 1. The lowest BCUT2D eigenvalue weighted by Crippen LogP contribution is -2.11. The Bertz CT molecular complexity index is 750. The van der Waals surface area contributed by atoms with Gasteiger partial charge in [0.05, 0.1) is 25.5 Å². The fraction of sp³-hybridized carbons (Fsp3) is 0.333. The van der Waals surface area contributed by atoms with Gasteiger partial charge in [-0.15, -0.1) is 0 Å². The Labute approximate surface area is 135 Å². The summed E-state index contributed by atoms with van der Waals surface area (Å²) in [5.74, 6) is 7.79. The summed E-state index contributed by atoms with van der Waals surface area (Å²) in [4.78, 5) is 9.03. The van der Waals surface area contributed by atoms with Crippen LogP contribution in [-0.2, 0) is 11.4 Å². The predicted octanol–water partition coefficient (Wildman–Crippen LogP) is 2.70. The third-order valence-corrected chi connectivity index (χ3v) is 3.62. The van der Waals surface area contributed by atoms with Crippen molar-refractivity contribution in [1.29, 1.82) is 0 Å². The van der Waals surface area contributed by atoms with Gasteiger partial charge >= 0.3 is 0 Å². The van der Waals surface area contributed by atoms with E-state index in [9.17, 15) is 0 Å². The molecule has 5 nitrogen and oxygen atoms in total. The van der Waals surface area contributed by atoms with E-state index in [1.54, 1.807) is 26.7 Å². The number of nitrogens with zero attached hydrogens (tertiary/aromatic N) is 3. The zero-order valence-corrected chi connectivity index (χ0v) is 13.3. The first kappa shape index (κ1) is 15.2. The quantitative estimate of drug-likeness (QED) is 0.485. The number of benzene rings is 1. The average Bonchev–Trinajstić information content (AvgIpc) is 3.27. The van der Waals surface area contributed by atoms with E-state index in [0.717, 1.165) is 22.6 Å². The van der Waals surface area contributed by atoms with E-state index in [1.165, 1.54) is 12.8 Å². The van der Waals surface area contributed by atoms with Gasteiger partial charge in [0.1, 0.15) is 18.6 Å². The van der Waals surface area contributed by atoms with E-state index < -0.39 is 0 Å². The first-order valence-electron chi connectivity index (χ1n) is 7.56. The van der Waals surface area contributed by atoms with Crippen LogP contribution in [0.5, 0.6) is 5.75 Å². The Balaban J connectivity index is 1.88. The van der Waals surface area contributed by atoms with Crippen LogP contribution in [0, 0.1) is 17.8 Å². The highest BCUT2D eigenvalue weighted by Gasteiger charge is 2.18. The molecule has 1 aliphatic rings. The number of oxime groups is 1. The van der Waals surface area contributed by atoms with E-state index in [0.29, 0.717) is 12.5 Å². The molecule has 1 fully saturated rings. The van der Waals surface area contributed by atoms with Crippen molar-refractivity contribution in [2.24, 2.45) is 11.1 Å². The van der Waals surface area contributed by atoms with Crippen LogP contribution in [0.1, 0.15) is 24.0 Å². The zero-order valence-electron chi connectivity index (χ0n) is 13.3. The number of ether oxygens (including phenoxy) is 1. The second kappa shape index (κ2) is 7.01. The van der Waals surface area contributed by atoms with Crippen LogP contribution in [-0.4, -0.2) is 29.5 Å². The maximum atomic E-state index is 5.48. The molecule has 0 unspecified atom stereocenters. The minimum Gasteiger partial charge on any atom is -0.495 e. The second-order valence-electron chi connectivity index (χ2n) is 5.41. The van der Waals surface area contributed by atoms with Crippen molar-refractivity contribution in [2.75, 3.05) is 14.2 Å². The Kier molecular flexibility index (Phi) is 4.62. The van der Waals surface area contributed by atoms with Gasteiger partial charge in [0.2, 0.25) is 0 Å². The molecule has 5 heteroatoms. The maximum absolute atomic E-state index is 5.48. The first-order chi connectivity index (χ1) is 11.3. The highest BCUT2D eigenvalue weighted by molar-refractivity contribution is 6.00. The minimum absolute atomic E-state index is 0.561. The van der Waals surface area contributed by atoms with Crippen molar-refractivity contribution in [3.05, 3.63) is 48.0 Å². The molecule has 0 N–H and O–H groups in total. The second-order valence-corrected chi connectivity index (χ2v) is 5.41. The number of aromatic nitrogens is 2.